The van der Waals surface area contributed by atoms with Crippen molar-refractivity contribution in [3.8, 4) is 34.5 Å². The first-order chi connectivity index (χ1) is 27.7. The normalized spacial score (nSPS) is 28.4. The van der Waals surface area contributed by atoms with Gasteiger partial charge in [-0.1, -0.05) is 13.8 Å². The summed E-state index contributed by atoms with van der Waals surface area (Å²) in [7, 11) is 10.6. The number of nitrogens with zero attached hydrogens (tertiary/aromatic N) is 2. The molecule has 2 aliphatic carbocycles. The third-order valence-corrected chi connectivity index (χ3v) is 12.6. The van der Waals surface area contributed by atoms with Gasteiger partial charge in [-0.2, -0.15) is 0 Å². The Morgan fingerprint density at radius 3 is 1.22 bits per heavy atom. The second-order valence-electron chi connectivity index (χ2n) is 16.9. The van der Waals surface area contributed by atoms with E-state index in [1.165, 1.54) is 12.2 Å². The molecule has 2 heterocycles. The number of hydrogen-bond acceptors (Lipinski definition) is 12. The molecule has 4 bridgehead atoms. The van der Waals surface area contributed by atoms with Gasteiger partial charge < -0.3 is 46.9 Å². The Balaban J connectivity index is 1.01. The van der Waals surface area contributed by atoms with E-state index in [4.69, 9.17) is 37.9 Å². The molecule has 58 heavy (non-hydrogen) atoms. The lowest BCUT2D eigenvalue weighted by Gasteiger charge is -2.37. The number of hydrogen-bond donors (Lipinski definition) is 0. The maximum absolute atomic E-state index is 13.0. The van der Waals surface area contributed by atoms with E-state index >= 15 is 0 Å². The van der Waals surface area contributed by atoms with Crippen LogP contribution in [0.5, 0.6) is 34.5 Å². The van der Waals surface area contributed by atoms with Gasteiger partial charge in [0.15, 0.2) is 23.0 Å². The topological polar surface area (TPSA) is 142 Å². The maximum atomic E-state index is 13.0. The van der Waals surface area contributed by atoms with E-state index in [1.54, 1.807) is 42.3 Å². The fourth-order valence-electron chi connectivity index (χ4n) is 10.1. The summed E-state index contributed by atoms with van der Waals surface area (Å²) in [5.41, 5.74) is 1.99. The van der Waals surface area contributed by atoms with Crippen molar-refractivity contribution in [1.29, 1.82) is 0 Å². The first-order valence-corrected chi connectivity index (χ1v) is 20.4. The Kier molecular flexibility index (Phi) is 13.3. The average Bonchev–Trinajstić information content (AvgIpc) is 3.56. The first kappa shape index (κ1) is 42.8. The number of ether oxygens (including phenoxy) is 8. The SMILES string of the molecule is CCC(=O)Oc1c(OC)cc(C[N+]2(C)CC3CC(OC(=O)/C=C/C(=O)OC4CC5CC(C4)[N+](C)(Cc4cc(OC)c(OC(=O)CC)c(OC)c4)C5)CC2C3)cc1OC. The number of methoxy groups -OCH3 is 4. The zero-order chi connectivity index (χ0) is 41.8. The molecule has 8 atom stereocenters. The smallest absolute Gasteiger partial charge is 0.331 e. The Hall–Kier alpha value is -4.82. The molecule has 6 rings (SSSR count). The molecule has 2 saturated heterocycles. The van der Waals surface area contributed by atoms with E-state index in [-0.39, 0.29) is 60.6 Å². The molecule has 14 heteroatoms. The van der Waals surface area contributed by atoms with Crippen LogP contribution in [0.1, 0.15) is 76.3 Å². The monoisotopic (exact) mass is 808 g/mol. The van der Waals surface area contributed by atoms with E-state index in [9.17, 15) is 19.2 Å². The van der Waals surface area contributed by atoms with Crippen molar-refractivity contribution in [2.45, 2.75) is 103 Å². The summed E-state index contributed by atoms with van der Waals surface area (Å²) in [6, 6.07) is 8.15. The molecule has 4 aliphatic rings. The van der Waals surface area contributed by atoms with E-state index < -0.39 is 11.9 Å². The largest absolute Gasteiger partial charge is 0.493 e. The fraction of sp³-hybridized carbons (Fsp3) is 0.591. The zero-order valence-electron chi connectivity index (χ0n) is 35.2. The van der Waals surface area contributed by atoms with Gasteiger partial charge in [0, 0.05) is 73.6 Å². The molecule has 0 amide bonds. The zero-order valence-corrected chi connectivity index (χ0v) is 35.2. The van der Waals surface area contributed by atoms with Gasteiger partial charge in [-0.3, -0.25) is 9.59 Å². The van der Waals surface area contributed by atoms with Crippen LogP contribution >= 0.6 is 0 Å². The summed E-state index contributed by atoms with van der Waals surface area (Å²) in [4.78, 5) is 50.1. The summed E-state index contributed by atoms with van der Waals surface area (Å²) in [5, 5.41) is 0. The molecule has 14 nitrogen and oxygen atoms in total. The maximum Gasteiger partial charge on any atom is 0.331 e. The summed E-state index contributed by atoms with van der Waals surface area (Å²) in [5.74, 6) is 1.26. The Morgan fingerprint density at radius 2 is 0.914 bits per heavy atom. The fourth-order valence-corrected chi connectivity index (χ4v) is 10.1. The van der Waals surface area contributed by atoms with Crippen molar-refractivity contribution >= 4 is 23.9 Å². The molecule has 2 saturated carbocycles. The van der Waals surface area contributed by atoms with Crippen molar-refractivity contribution in [2.75, 3.05) is 55.6 Å². The number of likely N-dealkylation sites (tertiary alicyclic amines) is 2. The third-order valence-electron chi connectivity index (χ3n) is 12.6. The van der Waals surface area contributed by atoms with E-state index in [0.717, 1.165) is 71.7 Å². The lowest BCUT2D eigenvalue weighted by Crippen LogP contribution is -2.48. The molecule has 0 N–H and O–H groups in total. The molecule has 4 fully saturated rings. The first-order valence-electron chi connectivity index (χ1n) is 20.4. The van der Waals surface area contributed by atoms with Gasteiger partial charge in [0.25, 0.3) is 0 Å². The number of carbonyl (C=O) groups is 4. The third kappa shape index (κ3) is 9.55. The number of carbonyl (C=O) groups excluding carboxylic acids is 4. The van der Waals surface area contributed by atoms with Crippen molar-refractivity contribution in [1.82, 2.24) is 0 Å². The number of benzene rings is 2. The van der Waals surface area contributed by atoms with Crippen molar-refractivity contribution in [3.05, 3.63) is 47.5 Å². The highest BCUT2D eigenvalue weighted by molar-refractivity contribution is 5.91. The summed E-state index contributed by atoms with van der Waals surface area (Å²) in [6.45, 7) is 6.74. The predicted molar refractivity (Wildman–Crippen MR) is 212 cm³/mol. The molecule has 2 aromatic rings. The Morgan fingerprint density at radius 1 is 0.569 bits per heavy atom. The molecule has 8 unspecified atom stereocenters. The highest BCUT2D eigenvalue weighted by atomic mass is 16.6. The molecular weight excluding hydrogens is 748 g/mol. The minimum absolute atomic E-state index is 0.229. The van der Waals surface area contributed by atoms with Crippen LogP contribution in [0.25, 0.3) is 0 Å². The number of rotatable bonds is 16. The molecule has 0 spiro atoms. The van der Waals surface area contributed by atoms with Crippen LogP contribution in [0.15, 0.2) is 36.4 Å². The van der Waals surface area contributed by atoms with Gasteiger partial charge in [-0.25, -0.2) is 9.59 Å². The summed E-state index contributed by atoms with van der Waals surface area (Å²) in [6.07, 6.45) is 7.40. The van der Waals surface area contributed by atoms with Gasteiger partial charge >= 0.3 is 23.9 Å². The van der Waals surface area contributed by atoms with Crippen LogP contribution in [0.4, 0.5) is 0 Å². The van der Waals surface area contributed by atoms with Crippen LogP contribution in [0.3, 0.4) is 0 Å². The van der Waals surface area contributed by atoms with Gasteiger partial charge in [0.2, 0.25) is 11.5 Å². The second-order valence-corrected chi connectivity index (χ2v) is 16.9. The Bertz CT molecular complexity index is 1710. The van der Waals surface area contributed by atoms with Crippen molar-refractivity contribution < 1.29 is 66.0 Å². The quantitative estimate of drug-likeness (QED) is 0.0891. The van der Waals surface area contributed by atoms with Crippen LogP contribution in [0.2, 0.25) is 0 Å². The molecule has 316 valence electrons. The predicted octanol–water partition coefficient (Wildman–Crippen LogP) is 5.69. The summed E-state index contributed by atoms with van der Waals surface area (Å²) >= 11 is 0. The molecular formula is C44H60N2O12+2. The van der Waals surface area contributed by atoms with Crippen molar-refractivity contribution in [3.63, 3.8) is 0 Å². The van der Waals surface area contributed by atoms with Gasteiger partial charge in [-0.15, -0.1) is 0 Å². The van der Waals surface area contributed by atoms with Gasteiger partial charge in [-0.05, 0) is 37.1 Å². The number of fused-ring (bicyclic) bond motifs is 4. The second kappa shape index (κ2) is 18.0. The molecule has 0 aromatic heterocycles. The van der Waals surface area contributed by atoms with Crippen LogP contribution in [-0.4, -0.2) is 113 Å². The van der Waals surface area contributed by atoms with Crippen LogP contribution in [-0.2, 0) is 41.7 Å². The minimum atomic E-state index is -0.543. The average molecular weight is 809 g/mol. The van der Waals surface area contributed by atoms with Gasteiger partial charge in [0.1, 0.15) is 25.3 Å². The lowest BCUT2D eigenvalue weighted by molar-refractivity contribution is -0.934. The van der Waals surface area contributed by atoms with E-state index in [2.05, 4.69) is 14.1 Å². The van der Waals surface area contributed by atoms with Crippen LogP contribution < -0.4 is 28.4 Å². The Labute approximate surface area is 341 Å². The summed E-state index contributed by atoms with van der Waals surface area (Å²) < 4.78 is 46.7. The minimum Gasteiger partial charge on any atom is -0.493 e. The molecule has 2 aliphatic heterocycles. The molecule has 0 radical (unpaired) electrons. The van der Waals surface area contributed by atoms with Gasteiger partial charge in [0.05, 0.1) is 67.7 Å². The standard InChI is InChI=1S/C44H60N2O12/c1-9-39(47)57-43-35(51-5)17-29(18-36(43)52-6)25-45(3)23-27-13-31(45)21-33(15-27)55-41(49)11-12-42(50)56-34-16-28-14-32(22-34)46(4,24-28)26-30-19-37(53-7)44(38(20-30)54-8)58-40(48)10-2/h11-12,17-20,27-28,31-34H,9-10,13-16,21-26H2,1-8H3/q+2/b12-11+. The molecule has 2 aromatic carbocycles. The highest BCUT2D eigenvalue weighted by Gasteiger charge is 2.51. The van der Waals surface area contributed by atoms with E-state index in [0.29, 0.717) is 47.9 Å². The van der Waals surface area contributed by atoms with E-state index in [1.807, 2.05) is 24.3 Å². The highest BCUT2D eigenvalue weighted by Crippen LogP contribution is 2.46. The number of quaternary nitrogens is 2. The van der Waals surface area contributed by atoms with Crippen molar-refractivity contribution in [2.24, 2.45) is 11.8 Å². The number of esters is 4. The van der Waals surface area contributed by atoms with Crippen LogP contribution in [0, 0.1) is 11.8 Å². The lowest BCUT2D eigenvalue weighted by atomic mass is 9.88.